The Balaban J connectivity index is 2.49. The van der Waals surface area contributed by atoms with Crippen molar-refractivity contribution < 1.29 is 9.13 Å². The van der Waals surface area contributed by atoms with E-state index >= 15 is 0 Å². The molecule has 17 heavy (non-hydrogen) atoms. The maximum absolute atomic E-state index is 14.6. The zero-order valence-electron chi connectivity index (χ0n) is 9.78. The highest BCUT2D eigenvalue weighted by atomic mass is 79.9. The van der Waals surface area contributed by atoms with Crippen LogP contribution in [0.4, 0.5) is 4.39 Å². The van der Waals surface area contributed by atoms with Crippen LogP contribution in [-0.4, -0.2) is 18.9 Å². The van der Waals surface area contributed by atoms with Gasteiger partial charge in [-0.15, -0.1) is 0 Å². The van der Waals surface area contributed by atoms with E-state index in [1.807, 2.05) is 36.4 Å². The lowest BCUT2D eigenvalue weighted by atomic mass is 9.85. The predicted molar refractivity (Wildman–Crippen MR) is 71.7 cm³/mol. The van der Waals surface area contributed by atoms with E-state index in [1.54, 1.807) is 13.0 Å². The number of halogens is 2. The van der Waals surface area contributed by atoms with Gasteiger partial charge in [-0.1, -0.05) is 46.3 Å². The van der Waals surface area contributed by atoms with Gasteiger partial charge in [0.2, 0.25) is 0 Å². The lowest BCUT2D eigenvalue weighted by molar-refractivity contribution is 0.00218. The van der Waals surface area contributed by atoms with Gasteiger partial charge in [0.05, 0.1) is 0 Å². The highest BCUT2D eigenvalue weighted by molar-refractivity contribution is 9.12. The molecule has 3 heteroatoms. The minimum absolute atomic E-state index is 0.637. The quantitative estimate of drug-likeness (QED) is 0.798. The number of alkyl halides is 1. The first-order valence-electron chi connectivity index (χ1n) is 5.42. The molecule has 90 valence electrons. The van der Waals surface area contributed by atoms with Crippen molar-refractivity contribution in [1.29, 1.82) is 0 Å². The van der Waals surface area contributed by atoms with Crippen molar-refractivity contribution in [2.75, 3.05) is 7.11 Å². The first-order chi connectivity index (χ1) is 8.08. The molecule has 0 aromatic heterocycles. The van der Waals surface area contributed by atoms with Crippen LogP contribution < -0.4 is 0 Å². The molecule has 1 aromatic carbocycles. The van der Waals surface area contributed by atoms with E-state index in [4.69, 9.17) is 4.74 Å². The lowest BCUT2D eigenvalue weighted by Crippen LogP contribution is -2.39. The molecule has 0 saturated carbocycles. The zero-order chi connectivity index (χ0) is 12.5. The van der Waals surface area contributed by atoms with Gasteiger partial charge in [0, 0.05) is 17.2 Å². The summed E-state index contributed by atoms with van der Waals surface area (Å²) < 4.78 is 20.6. The van der Waals surface area contributed by atoms with Gasteiger partial charge in [-0.05, 0) is 24.6 Å². The Morgan fingerprint density at radius 1 is 1.29 bits per heavy atom. The third-order valence-corrected chi connectivity index (χ3v) is 3.79. The second-order valence-corrected chi connectivity index (χ2v) is 5.07. The molecule has 2 rings (SSSR count). The van der Waals surface area contributed by atoms with Crippen molar-refractivity contribution in [3.8, 4) is 0 Å². The van der Waals surface area contributed by atoms with E-state index < -0.39 is 11.8 Å². The number of hydrogen-bond acceptors (Lipinski definition) is 1. The van der Waals surface area contributed by atoms with Gasteiger partial charge in [0.1, 0.15) is 5.60 Å². The number of rotatable bonds is 2. The van der Waals surface area contributed by atoms with E-state index in [1.165, 1.54) is 7.11 Å². The summed E-state index contributed by atoms with van der Waals surface area (Å²) in [7, 11) is 1.53. The second-order valence-electron chi connectivity index (χ2n) is 4.21. The van der Waals surface area contributed by atoms with Crippen LogP contribution in [0.3, 0.4) is 0 Å². The summed E-state index contributed by atoms with van der Waals surface area (Å²) in [5.41, 5.74) is 0.611. The molecule has 0 radical (unpaired) electrons. The molecule has 0 N–H and O–H groups in total. The van der Waals surface area contributed by atoms with Crippen LogP contribution in [0.15, 0.2) is 47.0 Å². The normalized spacial score (nSPS) is 28.6. The first kappa shape index (κ1) is 12.5. The van der Waals surface area contributed by atoms with Crippen molar-refractivity contribution in [2.24, 2.45) is 0 Å². The Morgan fingerprint density at radius 3 is 2.53 bits per heavy atom. The average molecular weight is 297 g/mol. The van der Waals surface area contributed by atoms with Crippen molar-refractivity contribution in [1.82, 2.24) is 0 Å². The number of ether oxygens (including phenoxy) is 1. The molecular weight excluding hydrogens is 283 g/mol. The monoisotopic (exact) mass is 296 g/mol. The van der Waals surface area contributed by atoms with Gasteiger partial charge in [-0.25, -0.2) is 4.39 Å². The molecule has 0 spiro atoms. The third-order valence-electron chi connectivity index (χ3n) is 3.10. The molecule has 0 amide bonds. The van der Waals surface area contributed by atoms with E-state index in [0.29, 0.717) is 5.57 Å². The largest absolute Gasteiger partial charge is 0.371 e. The van der Waals surface area contributed by atoms with Crippen LogP contribution in [-0.2, 0) is 4.74 Å². The molecule has 1 aliphatic carbocycles. The summed E-state index contributed by atoms with van der Waals surface area (Å²) in [6.45, 7) is 1.75. The van der Waals surface area contributed by atoms with Gasteiger partial charge < -0.3 is 4.74 Å². The Hall–Kier alpha value is -0.930. The van der Waals surface area contributed by atoms with Crippen LogP contribution in [0.2, 0.25) is 0 Å². The van der Waals surface area contributed by atoms with E-state index in [-0.39, 0.29) is 0 Å². The highest BCUT2D eigenvalue weighted by Crippen LogP contribution is 2.39. The number of methoxy groups -OCH3 is 1. The summed E-state index contributed by atoms with van der Waals surface area (Å²) in [4.78, 5) is 0. The maximum atomic E-state index is 14.6. The fourth-order valence-corrected chi connectivity index (χ4v) is 2.46. The Labute approximate surface area is 109 Å². The number of benzene rings is 1. The molecular formula is C14H14BrFO. The van der Waals surface area contributed by atoms with Crippen LogP contribution in [0.25, 0.3) is 5.57 Å². The van der Waals surface area contributed by atoms with Gasteiger partial charge >= 0.3 is 0 Å². The number of hydrogen-bond donors (Lipinski definition) is 0. The van der Waals surface area contributed by atoms with Crippen LogP contribution in [0, 0.1) is 0 Å². The summed E-state index contributed by atoms with van der Waals surface area (Å²) in [5.74, 6) is 0. The van der Waals surface area contributed by atoms with Crippen molar-refractivity contribution >= 4 is 21.5 Å². The molecule has 1 aliphatic rings. The molecule has 1 aromatic rings. The maximum Gasteiger partial charge on any atom is 0.159 e. The first-order valence-corrected chi connectivity index (χ1v) is 6.21. The molecule has 1 nitrogen and oxygen atoms in total. The van der Waals surface area contributed by atoms with Crippen molar-refractivity contribution in [3.05, 3.63) is 52.5 Å². The van der Waals surface area contributed by atoms with Crippen LogP contribution >= 0.6 is 15.9 Å². The number of allylic oxidation sites excluding steroid dienone is 2. The van der Waals surface area contributed by atoms with Crippen LogP contribution in [0.1, 0.15) is 12.5 Å². The van der Waals surface area contributed by atoms with Gasteiger partial charge in [0.25, 0.3) is 0 Å². The SMILES string of the molecule is COC1(C)C=CC(Br)=C(c2ccccc2)C1F. The predicted octanol–water partition coefficient (Wildman–Crippen LogP) is 4.11. The fourth-order valence-electron chi connectivity index (χ4n) is 1.89. The van der Waals surface area contributed by atoms with E-state index in [0.717, 1.165) is 10.0 Å². The Bertz CT molecular complexity index is 466. The van der Waals surface area contributed by atoms with Gasteiger partial charge in [-0.2, -0.15) is 0 Å². The summed E-state index contributed by atoms with van der Waals surface area (Å²) in [6, 6.07) is 9.52. The molecule has 0 bridgehead atoms. The van der Waals surface area contributed by atoms with Crippen molar-refractivity contribution in [3.63, 3.8) is 0 Å². The van der Waals surface area contributed by atoms with E-state index in [9.17, 15) is 4.39 Å². The van der Waals surface area contributed by atoms with Crippen LogP contribution in [0.5, 0.6) is 0 Å². The molecule has 2 unspecified atom stereocenters. The molecule has 0 heterocycles. The summed E-state index contributed by atoms with van der Waals surface area (Å²) >= 11 is 3.41. The Kier molecular flexibility index (Phi) is 3.50. The summed E-state index contributed by atoms with van der Waals surface area (Å²) in [5, 5.41) is 0. The van der Waals surface area contributed by atoms with Gasteiger partial charge in [-0.3, -0.25) is 0 Å². The van der Waals surface area contributed by atoms with E-state index in [2.05, 4.69) is 15.9 Å². The second kappa shape index (κ2) is 4.75. The zero-order valence-corrected chi connectivity index (χ0v) is 11.4. The molecule has 0 fully saturated rings. The lowest BCUT2D eigenvalue weighted by Gasteiger charge is -2.33. The molecule has 0 aliphatic heterocycles. The summed E-state index contributed by atoms with van der Waals surface area (Å²) in [6.07, 6.45) is 2.41. The molecule has 2 atom stereocenters. The molecule has 0 saturated heterocycles. The Morgan fingerprint density at radius 2 is 1.94 bits per heavy atom. The topological polar surface area (TPSA) is 9.23 Å². The third kappa shape index (κ3) is 2.22. The highest BCUT2D eigenvalue weighted by Gasteiger charge is 2.38. The van der Waals surface area contributed by atoms with Crippen molar-refractivity contribution in [2.45, 2.75) is 18.7 Å². The fraction of sp³-hybridized carbons (Fsp3) is 0.286. The average Bonchev–Trinajstić information content (AvgIpc) is 2.36. The van der Waals surface area contributed by atoms with Gasteiger partial charge in [0.15, 0.2) is 6.17 Å². The standard InChI is InChI=1S/C14H14BrFO/c1-14(17-2)9-8-11(15)12(13(14)16)10-6-4-3-5-7-10/h3-9,13H,1-2H3. The minimum atomic E-state index is -1.19. The smallest absolute Gasteiger partial charge is 0.159 e. The minimum Gasteiger partial charge on any atom is -0.371 e.